The van der Waals surface area contributed by atoms with Gasteiger partial charge in [-0.1, -0.05) is 30.3 Å². The van der Waals surface area contributed by atoms with Crippen LogP contribution in [0.3, 0.4) is 0 Å². The van der Waals surface area contributed by atoms with Gasteiger partial charge >= 0.3 is 5.97 Å². The molecule has 0 bridgehead atoms. The highest BCUT2D eigenvalue weighted by Crippen LogP contribution is 2.19. The van der Waals surface area contributed by atoms with E-state index in [4.69, 9.17) is 5.73 Å². The third kappa shape index (κ3) is 8.36. The van der Waals surface area contributed by atoms with Crippen LogP contribution in [0, 0.1) is 0 Å². The highest BCUT2D eigenvalue weighted by atomic mass is 32.1. The van der Waals surface area contributed by atoms with E-state index in [1.54, 1.807) is 18.3 Å². The van der Waals surface area contributed by atoms with E-state index in [0.717, 1.165) is 10.9 Å². The molecule has 4 rings (SSSR count). The van der Waals surface area contributed by atoms with Crippen LogP contribution in [-0.2, 0) is 38.4 Å². The Hall–Kier alpha value is -4.82. The Morgan fingerprint density at radius 2 is 1.53 bits per heavy atom. The van der Waals surface area contributed by atoms with E-state index in [1.807, 2.05) is 24.3 Å². The number of carbonyl (C=O) groups excluding carboxylic acids is 3. The van der Waals surface area contributed by atoms with Crippen molar-refractivity contribution in [2.75, 3.05) is 5.75 Å². The number of nitrogens with two attached hydrogens (primary N) is 1. The third-order valence-corrected chi connectivity index (χ3v) is 7.23. The molecule has 9 N–H and O–H groups in total. The molecule has 3 amide bonds. The van der Waals surface area contributed by atoms with Crippen LogP contribution in [0.4, 0.5) is 0 Å². The molecule has 0 radical (unpaired) electrons. The summed E-state index contributed by atoms with van der Waals surface area (Å²) in [5.41, 5.74) is 8.75. The number of fused-ring (bicyclic) bond motifs is 1. The lowest BCUT2D eigenvalue weighted by atomic mass is 10.0. The summed E-state index contributed by atoms with van der Waals surface area (Å²) in [6.07, 6.45) is 4.81. The number of benzene rings is 2. The minimum atomic E-state index is -1.30. The normalized spacial score (nSPS) is 13.9. The van der Waals surface area contributed by atoms with Crippen LogP contribution in [0.25, 0.3) is 10.9 Å². The maximum atomic E-state index is 13.5. The molecule has 0 spiro atoms. The second kappa shape index (κ2) is 14.4. The average molecular weight is 608 g/mol. The first-order valence-corrected chi connectivity index (χ1v) is 14.1. The number of hydrogen-bond donors (Lipinski definition) is 9. The van der Waals surface area contributed by atoms with Crippen molar-refractivity contribution in [1.29, 1.82) is 0 Å². The number of phenols is 1. The fourth-order valence-corrected chi connectivity index (χ4v) is 4.80. The van der Waals surface area contributed by atoms with E-state index < -0.39 is 47.9 Å². The number of nitrogens with one attached hydrogen (secondary N) is 5. The van der Waals surface area contributed by atoms with Crippen LogP contribution >= 0.6 is 12.6 Å². The van der Waals surface area contributed by atoms with Crippen molar-refractivity contribution in [3.05, 3.63) is 84.1 Å². The number of imidazole rings is 1. The molecular formula is C29H33N7O6S. The molecule has 4 unspecified atom stereocenters. The molecule has 2 heterocycles. The predicted octanol–water partition coefficient (Wildman–Crippen LogP) is 0.421. The summed E-state index contributed by atoms with van der Waals surface area (Å²) >= 11 is 4.19. The molecule has 0 saturated carbocycles. The van der Waals surface area contributed by atoms with Gasteiger partial charge in [0, 0.05) is 54.0 Å². The number of aliphatic carboxylic acids is 1. The Morgan fingerprint density at radius 3 is 2.21 bits per heavy atom. The standard InChI is InChI=1S/C29H33N7O6S/c30-21(11-18-13-31-15-33-18)26(38)36-25(14-43)28(40)34-23(9-16-5-7-19(37)8-6-16)27(39)35-24(29(41)42)10-17-12-32-22-4-2-1-3-20(17)22/h1-8,12-13,15,21,23-25,32,37,43H,9-11,14,30H2,(H,31,33)(H,34,40)(H,35,39)(H,36,38)(H,41,42). The van der Waals surface area contributed by atoms with E-state index in [0.29, 0.717) is 16.8 Å². The summed E-state index contributed by atoms with van der Waals surface area (Å²) in [6.45, 7) is 0. The Labute approximate surface area is 252 Å². The minimum absolute atomic E-state index is 0.00545. The lowest BCUT2D eigenvalue weighted by molar-refractivity contribution is -0.142. The first-order valence-electron chi connectivity index (χ1n) is 13.4. The molecule has 0 aliphatic heterocycles. The number of rotatable bonds is 14. The number of carboxylic acids is 1. The average Bonchev–Trinajstić information content (AvgIpc) is 3.66. The fourth-order valence-electron chi connectivity index (χ4n) is 4.54. The smallest absolute Gasteiger partial charge is 0.326 e. The van der Waals surface area contributed by atoms with E-state index in [-0.39, 0.29) is 30.8 Å². The number of thiol groups is 1. The van der Waals surface area contributed by atoms with Gasteiger partial charge in [0.1, 0.15) is 23.9 Å². The number of aromatic hydroxyl groups is 1. The molecule has 2 aromatic heterocycles. The van der Waals surface area contributed by atoms with E-state index >= 15 is 0 Å². The number of carbonyl (C=O) groups is 4. The van der Waals surface area contributed by atoms with Crippen LogP contribution in [0.15, 0.2) is 67.3 Å². The first kappa shape index (κ1) is 31.1. The van der Waals surface area contributed by atoms with Gasteiger partial charge in [0.05, 0.1) is 12.4 Å². The summed E-state index contributed by atoms with van der Waals surface area (Å²) in [4.78, 5) is 61.5. The summed E-state index contributed by atoms with van der Waals surface area (Å²) < 4.78 is 0. The van der Waals surface area contributed by atoms with Crippen molar-refractivity contribution in [2.45, 2.75) is 43.4 Å². The summed E-state index contributed by atoms with van der Waals surface area (Å²) in [6, 6.07) is 8.77. The fraction of sp³-hybridized carbons (Fsp3) is 0.276. The quantitative estimate of drug-likeness (QED) is 0.0914. The molecule has 226 valence electrons. The molecule has 0 fully saturated rings. The molecule has 0 saturated heterocycles. The summed E-state index contributed by atoms with van der Waals surface area (Å²) in [7, 11) is 0. The van der Waals surface area contributed by atoms with Crippen LogP contribution < -0.4 is 21.7 Å². The van der Waals surface area contributed by atoms with Crippen molar-refractivity contribution >= 4 is 47.2 Å². The van der Waals surface area contributed by atoms with Crippen LogP contribution in [0.1, 0.15) is 16.8 Å². The summed E-state index contributed by atoms with van der Waals surface area (Å²) in [5, 5.41) is 28.1. The maximum absolute atomic E-state index is 13.5. The topological polar surface area (TPSA) is 215 Å². The zero-order valence-corrected chi connectivity index (χ0v) is 23.9. The van der Waals surface area contributed by atoms with Crippen LogP contribution in [0.2, 0.25) is 0 Å². The van der Waals surface area contributed by atoms with Gasteiger partial charge in [0.15, 0.2) is 0 Å². The second-order valence-electron chi connectivity index (χ2n) is 10.0. The van der Waals surface area contributed by atoms with Gasteiger partial charge in [-0.25, -0.2) is 9.78 Å². The number of hydrogen-bond acceptors (Lipinski definition) is 8. The molecule has 4 atom stereocenters. The van der Waals surface area contributed by atoms with Crippen LogP contribution in [0.5, 0.6) is 5.75 Å². The molecule has 14 heteroatoms. The molecule has 0 aliphatic carbocycles. The lowest BCUT2D eigenvalue weighted by Crippen LogP contribution is -2.58. The van der Waals surface area contributed by atoms with Crippen molar-refractivity contribution in [3.63, 3.8) is 0 Å². The molecule has 2 aromatic carbocycles. The first-order chi connectivity index (χ1) is 20.6. The highest BCUT2D eigenvalue weighted by Gasteiger charge is 2.30. The number of carboxylic acid groups (broad SMARTS) is 1. The van der Waals surface area contributed by atoms with Crippen molar-refractivity contribution < 1.29 is 29.4 Å². The van der Waals surface area contributed by atoms with Gasteiger partial charge in [-0.3, -0.25) is 14.4 Å². The molecular weight excluding hydrogens is 574 g/mol. The molecule has 43 heavy (non-hydrogen) atoms. The largest absolute Gasteiger partial charge is 0.508 e. The predicted molar refractivity (Wildman–Crippen MR) is 161 cm³/mol. The Balaban J connectivity index is 1.48. The van der Waals surface area contributed by atoms with Gasteiger partial charge in [0.25, 0.3) is 0 Å². The van der Waals surface area contributed by atoms with Gasteiger partial charge in [0.2, 0.25) is 17.7 Å². The number of aromatic nitrogens is 3. The zero-order chi connectivity index (χ0) is 30.9. The third-order valence-electron chi connectivity index (χ3n) is 6.87. The van der Waals surface area contributed by atoms with Gasteiger partial charge < -0.3 is 41.9 Å². The SMILES string of the molecule is NC(Cc1cnc[nH]1)C(=O)NC(CS)C(=O)NC(Cc1ccc(O)cc1)C(=O)NC(Cc1c[nH]c2ccccc12)C(=O)O. The van der Waals surface area contributed by atoms with Gasteiger partial charge in [-0.05, 0) is 29.3 Å². The van der Waals surface area contributed by atoms with Crippen molar-refractivity contribution in [2.24, 2.45) is 5.73 Å². The maximum Gasteiger partial charge on any atom is 0.326 e. The Bertz CT molecular complexity index is 1560. The van der Waals surface area contributed by atoms with Crippen molar-refractivity contribution in [1.82, 2.24) is 30.9 Å². The zero-order valence-electron chi connectivity index (χ0n) is 23.0. The second-order valence-corrected chi connectivity index (χ2v) is 10.4. The van der Waals surface area contributed by atoms with E-state index in [2.05, 4.69) is 43.5 Å². The van der Waals surface area contributed by atoms with Crippen LogP contribution in [-0.4, -0.2) is 78.8 Å². The number of amides is 3. The number of para-hydroxylation sites is 1. The number of phenolic OH excluding ortho intramolecular Hbond substituents is 1. The van der Waals surface area contributed by atoms with Crippen molar-refractivity contribution in [3.8, 4) is 5.75 Å². The summed E-state index contributed by atoms with van der Waals surface area (Å²) in [5.74, 6) is -3.38. The number of nitrogens with zero attached hydrogens (tertiary/aromatic N) is 1. The highest BCUT2D eigenvalue weighted by molar-refractivity contribution is 7.80. The van der Waals surface area contributed by atoms with Gasteiger partial charge in [-0.15, -0.1) is 0 Å². The van der Waals surface area contributed by atoms with Gasteiger partial charge in [-0.2, -0.15) is 12.6 Å². The Kier molecular flexibility index (Phi) is 10.4. The number of aromatic amines is 2. The molecule has 0 aliphatic rings. The number of H-pyrrole nitrogens is 2. The lowest BCUT2D eigenvalue weighted by Gasteiger charge is -2.25. The molecule has 13 nitrogen and oxygen atoms in total. The van der Waals surface area contributed by atoms with E-state index in [9.17, 15) is 29.4 Å². The Morgan fingerprint density at radius 1 is 0.860 bits per heavy atom. The minimum Gasteiger partial charge on any atom is -0.508 e. The monoisotopic (exact) mass is 607 g/mol. The molecule has 4 aromatic rings. The van der Waals surface area contributed by atoms with E-state index in [1.165, 1.54) is 24.7 Å².